The van der Waals surface area contributed by atoms with Crippen LogP contribution in [-0.2, 0) is 6.42 Å². The first-order chi connectivity index (χ1) is 6.66. The van der Waals surface area contributed by atoms with Crippen LogP contribution in [0.5, 0.6) is 0 Å². The predicted octanol–water partition coefficient (Wildman–Crippen LogP) is 2.55. The van der Waals surface area contributed by atoms with Gasteiger partial charge in [-0.25, -0.2) is 4.39 Å². The summed E-state index contributed by atoms with van der Waals surface area (Å²) in [5.41, 5.74) is 1.55. The van der Waals surface area contributed by atoms with E-state index < -0.39 is 0 Å². The number of hydrogen-bond acceptors (Lipinski definition) is 1. The van der Waals surface area contributed by atoms with Crippen LogP contribution in [0.3, 0.4) is 0 Å². The lowest BCUT2D eigenvalue weighted by atomic mass is 9.94. The summed E-state index contributed by atoms with van der Waals surface area (Å²) < 4.78 is 13.3. The molecule has 0 radical (unpaired) electrons. The molecule has 0 unspecified atom stereocenters. The molecule has 0 aromatic heterocycles. The maximum absolute atomic E-state index is 13.3. The van der Waals surface area contributed by atoms with Gasteiger partial charge in [-0.2, -0.15) is 0 Å². The van der Waals surface area contributed by atoms with Crippen LogP contribution in [0.15, 0.2) is 12.1 Å². The van der Waals surface area contributed by atoms with E-state index in [1.165, 1.54) is 0 Å². The second-order valence-corrected chi connectivity index (χ2v) is 4.33. The van der Waals surface area contributed by atoms with Crippen molar-refractivity contribution in [1.82, 2.24) is 5.32 Å². The molecule has 1 aromatic rings. The minimum absolute atomic E-state index is 0.156. The van der Waals surface area contributed by atoms with Crippen LogP contribution in [0.1, 0.15) is 11.1 Å². The molecule has 0 saturated carbocycles. The van der Waals surface area contributed by atoms with Gasteiger partial charge >= 0.3 is 0 Å². The zero-order valence-electron chi connectivity index (χ0n) is 8.11. The Morgan fingerprint density at radius 1 is 1.50 bits per heavy atom. The van der Waals surface area contributed by atoms with Gasteiger partial charge in [-0.1, -0.05) is 11.6 Å². The first-order valence-electron chi connectivity index (χ1n) is 4.82. The van der Waals surface area contributed by atoms with Crippen molar-refractivity contribution in [3.05, 3.63) is 34.1 Å². The van der Waals surface area contributed by atoms with Crippen molar-refractivity contribution in [2.45, 2.75) is 13.3 Å². The smallest absolute Gasteiger partial charge is 0.126 e. The van der Waals surface area contributed by atoms with Gasteiger partial charge < -0.3 is 5.32 Å². The van der Waals surface area contributed by atoms with Gasteiger partial charge in [-0.15, -0.1) is 0 Å². The lowest BCUT2D eigenvalue weighted by Gasteiger charge is -2.27. The monoisotopic (exact) mass is 213 g/mol. The highest BCUT2D eigenvalue weighted by Crippen LogP contribution is 2.24. The first-order valence-corrected chi connectivity index (χ1v) is 5.20. The van der Waals surface area contributed by atoms with Gasteiger partial charge in [0.25, 0.3) is 0 Å². The van der Waals surface area contributed by atoms with E-state index >= 15 is 0 Å². The molecule has 1 saturated heterocycles. The molecule has 1 fully saturated rings. The minimum Gasteiger partial charge on any atom is -0.316 e. The van der Waals surface area contributed by atoms with Crippen LogP contribution in [0.2, 0.25) is 5.02 Å². The van der Waals surface area contributed by atoms with Crippen molar-refractivity contribution in [2.24, 2.45) is 5.92 Å². The summed E-state index contributed by atoms with van der Waals surface area (Å²) in [6.07, 6.45) is 0.878. The SMILES string of the molecule is Cc1cc(Cl)c(CC2CNC2)cc1F. The van der Waals surface area contributed by atoms with E-state index in [1.807, 2.05) is 0 Å². The molecule has 0 spiro atoms. The Morgan fingerprint density at radius 2 is 2.21 bits per heavy atom. The van der Waals surface area contributed by atoms with Crippen LogP contribution in [0.25, 0.3) is 0 Å². The Balaban J connectivity index is 2.19. The Kier molecular flexibility index (Phi) is 2.75. The third-order valence-corrected chi connectivity index (χ3v) is 3.05. The highest BCUT2D eigenvalue weighted by Gasteiger charge is 2.18. The molecular weight excluding hydrogens is 201 g/mol. The van der Waals surface area contributed by atoms with Crippen molar-refractivity contribution in [3.63, 3.8) is 0 Å². The fourth-order valence-electron chi connectivity index (χ4n) is 1.65. The van der Waals surface area contributed by atoms with Crippen LogP contribution < -0.4 is 5.32 Å². The maximum atomic E-state index is 13.3. The second-order valence-electron chi connectivity index (χ2n) is 3.92. The summed E-state index contributed by atoms with van der Waals surface area (Å²) in [7, 11) is 0. The quantitative estimate of drug-likeness (QED) is 0.796. The van der Waals surface area contributed by atoms with Crippen molar-refractivity contribution >= 4 is 11.6 Å². The van der Waals surface area contributed by atoms with Crippen molar-refractivity contribution in [2.75, 3.05) is 13.1 Å². The lowest BCUT2D eigenvalue weighted by Crippen LogP contribution is -2.43. The van der Waals surface area contributed by atoms with E-state index in [-0.39, 0.29) is 5.82 Å². The first kappa shape index (κ1) is 9.94. The maximum Gasteiger partial charge on any atom is 0.126 e. The average Bonchev–Trinajstić information content (AvgIpc) is 2.06. The van der Waals surface area contributed by atoms with Crippen molar-refractivity contribution < 1.29 is 4.39 Å². The number of rotatable bonds is 2. The van der Waals surface area contributed by atoms with Crippen LogP contribution in [0.4, 0.5) is 4.39 Å². The third kappa shape index (κ3) is 1.91. The third-order valence-electron chi connectivity index (χ3n) is 2.70. The van der Waals surface area contributed by atoms with E-state index in [4.69, 9.17) is 11.6 Å². The molecule has 1 nitrogen and oxygen atoms in total. The van der Waals surface area contributed by atoms with E-state index in [0.29, 0.717) is 16.5 Å². The Hall–Kier alpha value is -0.600. The average molecular weight is 214 g/mol. The molecule has 1 N–H and O–H groups in total. The summed E-state index contributed by atoms with van der Waals surface area (Å²) in [4.78, 5) is 0. The number of hydrogen-bond donors (Lipinski definition) is 1. The summed E-state index contributed by atoms with van der Waals surface area (Å²) in [5.74, 6) is 0.464. The van der Waals surface area contributed by atoms with Gasteiger partial charge in [-0.3, -0.25) is 0 Å². The summed E-state index contributed by atoms with van der Waals surface area (Å²) in [6, 6.07) is 3.27. The van der Waals surface area contributed by atoms with Gasteiger partial charge in [-0.05, 0) is 55.6 Å². The predicted molar refractivity (Wildman–Crippen MR) is 56.2 cm³/mol. The zero-order valence-corrected chi connectivity index (χ0v) is 8.87. The van der Waals surface area contributed by atoms with Crippen LogP contribution in [0, 0.1) is 18.7 Å². The lowest BCUT2D eigenvalue weighted by molar-refractivity contribution is 0.346. The molecule has 1 heterocycles. The molecule has 14 heavy (non-hydrogen) atoms. The molecule has 2 rings (SSSR count). The molecule has 76 valence electrons. The summed E-state index contributed by atoms with van der Waals surface area (Å²) in [6.45, 7) is 3.77. The van der Waals surface area contributed by atoms with Gasteiger partial charge in [0.2, 0.25) is 0 Å². The fraction of sp³-hybridized carbons (Fsp3) is 0.455. The number of nitrogens with one attached hydrogen (secondary N) is 1. The highest BCUT2D eigenvalue weighted by molar-refractivity contribution is 6.31. The Bertz CT molecular complexity index is 347. The van der Waals surface area contributed by atoms with E-state index in [1.54, 1.807) is 19.1 Å². The van der Waals surface area contributed by atoms with Crippen LogP contribution >= 0.6 is 11.6 Å². The van der Waals surface area contributed by atoms with Crippen molar-refractivity contribution in [1.29, 1.82) is 0 Å². The molecule has 1 aliphatic heterocycles. The van der Waals surface area contributed by atoms with Gasteiger partial charge in [0, 0.05) is 5.02 Å². The molecule has 0 amide bonds. The Morgan fingerprint density at radius 3 is 2.79 bits per heavy atom. The molecule has 3 heteroatoms. The van der Waals surface area contributed by atoms with E-state index in [2.05, 4.69) is 5.32 Å². The standard InChI is InChI=1S/C11H13ClFN/c1-7-2-10(12)9(4-11(7)13)3-8-5-14-6-8/h2,4,8,14H,3,5-6H2,1H3. The summed E-state index contributed by atoms with van der Waals surface area (Å²) >= 11 is 6.04. The van der Waals surface area contributed by atoms with E-state index in [0.717, 1.165) is 25.1 Å². The zero-order chi connectivity index (χ0) is 10.1. The largest absolute Gasteiger partial charge is 0.316 e. The van der Waals surface area contributed by atoms with Gasteiger partial charge in [0.1, 0.15) is 5.82 Å². The number of benzene rings is 1. The Labute approximate surface area is 88.3 Å². The molecule has 0 atom stereocenters. The number of halogens is 2. The second kappa shape index (κ2) is 3.87. The molecule has 0 bridgehead atoms. The molecule has 0 aliphatic carbocycles. The molecule has 1 aromatic carbocycles. The molecule has 1 aliphatic rings. The fourth-order valence-corrected chi connectivity index (χ4v) is 1.94. The van der Waals surface area contributed by atoms with Gasteiger partial charge in [0.15, 0.2) is 0 Å². The van der Waals surface area contributed by atoms with Crippen LogP contribution in [-0.4, -0.2) is 13.1 Å². The van der Waals surface area contributed by atoms with E-state index in [9.17, 15) is 4.39 Å². The normalized spacial score (nSPS) is 16.8. The number of aryl methyl sites for hydroxylation is 1. The topological polar surface area (TPSA) is 12.0 Å². The summed E-state index contributed by atoms with van der Waals surface area (Å²) in [5, 5.41) is 3.88. The molecular formula is C11H13ClFN. The van der Waals surface area contributed by atoms with Crippen molar-refractivity contribution in [3.8, 4) is 0 Å². The minimum atomic E-state index is -0.156. The van der Waals surface area contributed by atoms with Gasteiger partial charge in [0.05, 0.1) is 0 Å². The highest BCUT2D eigenvalue weighted by atomic mass is 35.5.